The van der Waals surface area contributed by atoms with Crippen LogP contribution in [0.5, 0.6) is 0 Å². The van der Waals surface area contributed by atoms with Crippen molar-refractivity contribution in [2.75, 3.05) is 78.7 Å². The second kappa shape index (κ2) is 22.9. The van der Waals surface area contributed by atoms with Crippen LogP contribution in [-0.2, 0) is 9.59 Å². The van der Waals surface area contributed by atoms with Crippen LogP contribution in [0.25, 0.3) is 0 Å². The van der Waals surface area contributed by atoms with Crippen LogP contribution < -0.4 is 43.0 Å². The standard InChI is InChI=1S/C17H40N8O4/c26-13-1-3-18-5-7-20-9-11-22-24-16(28)15-17(29)25-23-12-10-21-8-6-19-4-2-14-27/h18-23,26-27H,1-15H2,(H,24,28)(H,25,29). The third-order valence-corrected chi connectivity index (χ3v) is 3.61. The highest BCUT2D eigenvalue weighted by Crippen LogP contribution is 1.77. The minimum absolute atomic E-state index is 0.195. The highest BCUT2D eigenvalue weighted by molar-refractivity contribution is 5.96. The van der Waals surface area contributed by atoms with Crippen LogP contribution in [0.1, 0.15) is 19.3 Å². The van der Waals surface area contributed by atoms with Crippen LogP contribution in [-0.4, -0.2) is 101 Å². The molecule has 172 valence electrons. The van der Waals surface area contributed by atoms with E-state index >= 15 is 0 Å². The van der Waals surface area contributed by atoms with Crippen molar-refractivity contribution < 1.29 is 19.8 Å². The van der Waals surface area contributed by atoms with Gasteiger partial charge in [0, 0.05) is 65.6 Å². The molecule has 10 N–H and O–H groups in total. The Labute approximate surface area is 173 Å². The fraction of sp³-hybridized carbons (Fsp3) is 0.882. The predicted octanol–water partition coefficient (Wildman–Crippen LogP) is -4.26. The molecule has 0 aliphatic heterocycles. The molecule has 0 saturated carbocycles. The molecule has 0 fully saturated rings. The Morgan fingerprint density at radius 2 is 0.862 bits per heavy atom. The predicted molar refractivity (Wildman–Crippen MR) is 112 cm³/mol. The number of aliphatic hydroxyl groups excluding tert-OH is 2. The molecule has 0 aliphatic carbocycles. The lowest BCUT2D eigenvalue weighted by molar-refractivity contribution is -0.130. The Morgan fingerprint density at radius 3 is 1.24 bits per heavy atom. The smallest absolute Gasteiger partial charge is 0.243 e. The van der Waals surface area contributed by atoms with Gasteiger partial charge >= 0.3 is 0 Å². The summed E-state index contributed by atoms with van der Waals surface area (Å²) >= 11 is 0. The Bertz CT molecular complexity index is 356. The molecule has 0 unspecified atom stereocenters. The molecule has 0 aromatic carbocycles. The minimum Gasteiger partial charge on any atom is -0.396 e. The average Bonchev–Trinajstić information content (AvgIpc) is 2.70. The Balaban J connectivity index is 3.32. The summed E-state index contributed by atoms with van der Waals surface area (Å²) in [6.07, 6.45) is 1.24. The molecule has 12 heteroatoms. The Hall–Kier alpha value is -1.38. The summed E-state index contributed by atoms with van der Waals surface area (Å²) < 4.78 is 0. The monoisotopic (exact) mass is 420 g/mol. The zero-order valence-corrected chi connectivity index (χ0v) is 17.3. The highest BCUT2D eigenvalue weighted by atomic mass is 16.3. The van der Waals surface area contributed by atoms with Gasteiger partial charge in [-0.2, -0.15) is 0 Å². The summed E-state index contributed by atoms with van der Waals surface area (Å²) in [7, 11) is 0. The van der Waals surface area contributed by atoms with Crippen molar-refractivity contribution >= 4 is 11.8 Å². The quantitative estimate of drug-likeness (QED) is 0.0470. The fourth-order valence-corrected chi connectivity index (χ4v) is 2.12. The van der Waals surface area contributed by atoms with Crippen molar-refractivity contribution in [3.63, 3.8) is 0 Å². The molecule has 0 heterocycles. The number of rotatable bonds is 22. The van der Waals surface area contributed by atoms with Crippen molar-refractivity contribution in [3.8, 4) is 0 Å². The van der Waals surface area contributed by atoms with Crippen molar-refractivity contribution in [1.29, 1.82) is 0 Å². The van der Waals surface area contributed by atoms with E-state index in [1.165, 1.54) is 0 Å². The van der Waals surface area contributed by atoms with Crippen LogP contribution in [0.3, 0.4) is 0 Å². The van der Waals surface area contributed by atoms with E-state index in [-0.39, 0.29) is 19.6 Å². The van der Waals surface area contributed by atoms with Gasteiger partial charge in [0.2, 0.25) is 11.8 Å². The van der Waals surface area contributed by atoms with Gasteiger partial charge in [-0.15, -0.1) is 0 Å². The summed E-state index contributed by atoms with van der Waals surface area (Å²) in [5, 5.41) is 30.0. The molecule has 12 nitrogen and oxygen atoms in total. The number of carbonyl (C=O) groups is 2. The summed E-state index contributed by atoms with van der Waals surface area (Å²) in [5.41, 5.74) is 10.5. The second-order valence-electron chi connectivity index (χ2n) is 6.28. The van der Waals surface area contributed by atoms with Crippen LogP contribution in [0, 0.1) is 0 Å². The first-order valence-electron chi connectivity index (χ1n) is 10.3. The van der Waals surface area contributed by atoms with E-state index in [1.807, 2.05) is 0 Å². The third kappa shape index (κ3) is 22.8. The molecular formula is C17H40N8O4. The van der Waals surface area contributed by atoms with Crippen LogP contribution in [0.15, 0.2) is 0 Å². The van der Waals surface area contributed by atoms with E-state index in [0.29, 0.717) is 26.2 Å². The van der Waals surface area contributed by atoms with Crippen LogP contribution in [0.2, 0.25) is 0 Å². The zero-order valence-electron chi connectivity index (χ0n) is 17.3. The van der Waals surface area contributed by atoms with Gasteiger partial charge in [-0.25, -0.2) is 10.9 Å². The van der Waals surface area contributed by atoms with Gasteiger partial charge in [0.15, 0.2) is 0 Å². The van der Waals surface area contributed by atoms with Crippen molar-refractivity contribution in [3.05, 3.63) is 0 Å². The van der Waals surface area contributed by atoms with Crippen molar-refractivity contribution in [2.45, 2.75) is 19.3 Å². The van der Waals surface area contributed by atoms with Gasteiger partial charge in [0.1, 0.15) is 6.42 Å². The van der Waals surface area contributed by atoms with E-state index in [9.17, 15) is 9.59 Å². The lowest BCUT2D eigenvalue weighted by Crippen LogP contribution is -2.46. The van der Waals surface area contributed by atoms with Gasteiger partial charge in [-0.05, 0) is 25.9 Å². The number of carbonyl (C=O) groups excluding carboxylic acids is 2. The summed E-state index contributed by atoms with van der Waals surface area (Å²) in [4.78, 5) is 23.2. The maximum atomic E-state index is 11.6. The van der Waals surface area contributed by atoms with E-state index in [1.54, 1.807) is 0 Å². The Kier molecular flexibility index (Phi) is 21.8. The van der Waals surface area contributed by atoms with Gasteiger partial charge in [0.25, 0.3) is 0 Å². The molecule has 0 aliphatic rings. The first-order valence-corrected chi connectivity index (χ1v) is 10.3. The largest absolute Gasteiger partial charge is 0.396 e. The third-order valence-electron chi connectivity index (χ3n) is 3.61. The van der Waals surface area contributed by atoms with Crippen molar-refractivity contribution in [2.24, 2.45) is 0 Å². The number of amides is 2. The molecular weight excluding hydrogens is 380 g/mol. The van der Waals surface area contributed by atoms with Crippen LogP contribution in [0.4, 0.5) is 0 Å². The highest BCUT2D eigenvalue weighted by Gasteiger charge is 2.07. The van der Waals surface area contributed by atoms with Gasteiger partial charge in [-0.1, -0.05) is 0 Å². The van der Waals surface area contributed by atoms with E-state index in [0.717, 1.165) is 52.1 Å². The Morgan fingerprint density at radius 1 is 0.517 bits per heavy atom. The second-order valence-corrected chi connectivity index (χ2v) is 6.28. The van der Waals surface area contributed by atoms with Gasteiger partial charge in [-0.3, -0.25) is 20.4 Å². The molecule has 2 amide bonds. The molecule has 29 heavy (non-hydrogen) atoms. The lowest BCUT2D eigenvalue weighted by Gasteiger charge is -2.10. The fourth-order valence-electron chi connectivity index (χ4n) is 2.12. The molecule has 0 rings (SSSR count). The summed E-state index contributed by atoms with van der Waals surface area (Å²) in [6.45, 7) is 7.65. The zero-order chi connectivity index (χ0) is 21.4. The molecule has 0 spiro atoms. The molecule has 0 aromatic rings. The molecule has 0 atom stereocenters. The average molecular weight is 421 g/mol. The first kappa shape index (κ1) is 27.6. The van der Waals surface area contributed by atoms with Gasteiger partial charge in [0.05, 0.1) is 0 Å². The molecule has 0 bridgehead atoms. The van der Waals surface area contributed by atoms with Gasteiger partial charge < -0.3 is 31.5 Å². The normalized spacial score (nSPS) is 10.8. The number of nitrogens with one attached hydrogen (secondary N) is 8. The van der Waals surface area contributed by atoms with E-state index < -0.39 is 11.8 Å². The van der Waals surface area contributed by atoms with E-state index in [4.69, 9.17) is 10.2 Å². The molecule has 0 aromatic heterocycles. The number of aliphatic hydroxyl groups is 2. The molecule has 0 radical (unpaired) electrons. The minimum atomic E-state index is -0.401. The van der Waals surface area contributed by atoms with E-state index in [2.05, 4.69) is 43.0 Å². The maximum absolute atomic E-state index is 11.6. The first-order chi connectivity index (χ1) is 14.2. The van der Waals surface area contributed by atoms with Crippen LogP contribution >= 0.6 is 0 Å². The summed E-state index contributed by atoms with van der Waals surface area (Å²) in [5.74, 6) is -0.802. The maximum Gasteiger partial charge on any atom is 0.243 e. The topological polar surface area (TPSA) is 171 Å². The number of hydrogen-bond donors (Lipinski definition) is 10. The summed E-state index contributed by atoms with van der Waals surface area (Å²) in [6, 6.07) is 0. The number of hydrogen-bond acceptors (Lipinski definition) is 10. The SMILES string of the molecule is O=C(CC(=O)NNCCNCCNCCCO)NNCCNCCNCCCO. The molecule has 0 saturated heterocycles. The lowest BCUT2D eigenvalue weighted by atomic mass is 10.4. The van der Waals surface area contributed by atoms with Crippen molar-refractivity contribution in [1.82, 2.24) is 43.0 Å². The number of hydrazine groups is 2.